The molecule has 1 N–H and O–H groups in total. The fourth-order valence-corrected chi connectivity index (χ4v) is 2.80. The number of hydrogen-bond donors (Lipinski definition) is 1. The number of halogens is 4. The molecule has 8 heteroatoms. The highest BCUT2D eigenvalue weighted by Gasteiger charge is 2.33. The average Bonchev–Trinajstić information content (AvgIpc) is 2.70. The van der Waals surface area contributed by atoms with Crippen molar-refractivity contribution in [3.05, 3.63) is 101 Å². The Morgan fingerprint density at radius 3 is 1.87 bits per heavy atom. The molecule has 0 spiro atoms. The first-order valence-electron chi connectivity index (χ1n) is 8.71. The summed E-state index contributed by atoms with van der Waals surface area (Å²) in [5, 5.41) is 9.68. The van der Waals surface area contributed by atoms with Gasteiger partial charge in [-0.2, -0.15) is 0 Å². The van der Waals surface area contributed by atoms with Crippen LogP contribution in [0.4, 0.5) is 17.6 Å². The summed E-state index contributed by atoms with van der Waals surface area (Å²) in [5.74, 6) is -3.78. The number of rotatable bonds is 6. The Kier molecular flexibility index (Phi) is 6.15. The number of aliphatic imine (C=N–C) groups is 1. The molecule has 0 amide bonds. The molecule has 3 aromatic rings. The fraction of sp³-hybridized carbons (Fsp3) is 0.0909. The molecule has 0 aliphatic rings. The number of alkyl halides is 3. The first-order valence-corrected chi connectivity index (χ1v) is 8.71. The summed E-state index contributed by atoms with van der Waals surface area (Å²) in [6.45, 7) is 0. The second-order valence-electron chi connectivity index (χ2n) is 6.19. The third kappa shape index (κ3) is 5.22. The van der Waals surface area contributed by atoms with Gasteiger partial charge in [0.05, 0.1) is 5.71 Å². The number of carbonyl (C=O) groups is 1. The van der Waals surface area contributed by atoms with Crippen LogP contribution in [0.5, 0.6) is 5.75 Å². The second kappa shape index (κ2) is 8.77. The second-order valence-corrected chi connectivity index (χ2v) is 6.19. The monoisotopic (exact) mass is 417 g/mol. The molecule has 0 saturated heterocycles. The standard InChI is InChI=1S/C22H15F4NO3/c23-17-13-16(11-12-18(17)30-22(24,25)26)20(21(28)29)27-19(14-7-3-1-4-8-14)15-9-5-2-6-10-15/h1-13,20H,(H,28,29). The van der Waals surface area contributed by atoms with Gasteiger partial charge in [-0.1, -0.05) is 66.7 Å². The lowest BCUT2D eigenvalue weighted by atomic mass is 10.0. The summed E-state index contributed by atoms with van der Waals surface area (Å²) in [5.41, 5.74) is 1.48. The van der Waals surface area contributed by atoms with Crippen molar-refractivity contribution in [2.45, 2.75) is 12.4 Å². The minimum atomic E-state index is -5.07. The Hall–Kier alpha value is -3.68. The molecular weight excluding hydrogens is 402 g/mol. The van der Waals surface area contributed by atoms with Gasteiger partial charge < -0.3 is 9.84 Å². The molecular formula is C22H15F4NO3. The number of carboxylic acids is 1. The summed E-state index contributed by atoms with van der Waals surface area (Å²) in [6, 6.07) is 18.5. The van der Waals surface area contributed by atoms with Crippen molar-refractivity contribution in [3.8, 4) is 5.75 Å². The van der Waals surface area contributed by atoms with Crippen LogP contribution in [0.2, 0.25) is 0 Å². The third-order valence-corrected chi connectivity index (χ3v) is 4.08. The first kappa shape index (κ1) is 21.0. The highest BCUT2D eigenvalue weighted by Crippen LogP contribution is 2.29. The van der Waals surface area contributed by atoms with E-state index in [0.717, 1.165) is 12.1 Å². The van der Waals surface area contributed by atoms with E-state index >= 15 is 0 Å². The Morgan fingerprint density at radius 2 is 1.43 bits per heavy atom. The molecule has 0 aliphatic carbocycles. The molecule has 0 aliphatic heterocycles. The van der Waals surface area contributed by atoms with Gasteiger partial charge in [-0.15, -0.1) is 13.2 Å². The van der Waals surface area contributed by atoms with Crippen LogP contribution in [-0.4, -0.2) is 23.1 Å². The van der Waals surface area contributed by atoms with Gasteiger partial charge in [0.15, 0.2) is 17.6 Å². The van der Waals surface area contributed by atoms with Crippen LogP contribution in [-0.2, 0) is 4.79 Å². The van der Waals surface area contributed by atoms with Crippen LogP contribution in [0.15, 0.2) is 83.9 Å². The summed E-state index contributed by atoms with van der Waals surface area (Å²) in [6.07, 6.45) is -5.07. The summed E-state index contributed by atoms with van der Waals surface area (Å²) in [7, 11) is 0. The fourth-order valence-electron chi connectivity index (χ4n) is 2.80. The van der Waals surface area contributed by atoms with Crippen LogP contribution in [0.25, 0.3) is 0 Å². The zero-order valence-corrected chi connectivity index (χ0v) is 15.3. The van der Waals surface area contributed by atoms with E-state index in [9.17, 15) is 27.5 Å². The molecule has 0 radical (unpaired) electrons. The Bertz CT molecular complexity index is 1010. The summed E-state index contributed by atoms with van der Waals surface area (Å²) < 4.78 is 54.8. The largest absolute Gasteiger partial charge is 0.573 e. The maximum absolute atomic E-state index is 14.1. The van der Waals surface area contributed by atoms with Gasteiger partial charge in [0.2, 0.25) is 0 Å². The van der Waals surface area contributed by atoms with Crippen molar-refractivity contribution in [1.82, 2.24) is 0 Å². The Labute approximate surface area is 169 Å². The normalized spacial score (nSPS) is 12.1. The lowest BCUT2D eigenvalue weighted by molar-refractivity contribution is -0.275. The maximum Gasteiger partial charge on any atom is 0.573 e. The minimum Gasteiger partial charge on any atom is -0.479 e. The van der Waals surface area contributed by atoms with Gasteiger partial charge in [-0.05, 0) is 17.7 Å². The number of hydrogen-bond acceptors (Lipinski definition) is 3. The van der Waals surface area contributed by atoms with E-state index in [0.29, 0.717) is 22.9 Å². The van der Waals surface area contributed by atoms with E-state index in [1.165, 1.54) is 0 Å². The lowest BCUT2D eigenvalue weighted by Crippen LogP contribution is -2.18. The number of nitrogens with zero attached hydrogens (tertiary/aromatic N) is 1. The number of benzene rings is 3. The van der Waals surface area contributed by atoms with E-state index in [1.54, 1.807) is 60.7 Å². The van der Waals surface area contributed by atoms with E-state index in [2.05, 4.69) is 9.73 Å². The maximum atomic E-state index is 14.1. The van der Waals surface area contributed by atoms with E-state index in [4.69, 9.17) is 0 Å². The third-order valence-electron chi connectivity index (χ3n) is 4.08. The van der Waals surface area contributed by atoms with Crippen LogP contribution < -0.4 is 4.74 Å². The van der Waals surface area contributed by atoms with Gasteiger partial charge in [-0.25, -0.2) is 9.18 Å². The Balaban J connectivity index is 2.07. The number of carboxylic acid groups (broad SMARTS) is 1. The molecule has 4 nitrogen and oxygen atoms in total. The van der Waals surface area contributed by atoms with Gasteiger partial charge in [-0.3, -0.25) is 4.99 Å². The van der Waals surface area contributed by atoms with Crippen LogP contribution >= 0.6 is 0 Å². The van der Waals surface area contributed by atoms with Crippen molar-refractivity contribution >= 4 is 11.7 Å². The van der Waals surface area contributed by atoms with Crippen molar-refractivity contribution in [3.63, 3.8) is 0 Å². The van der Waals surface area contributed by atoms with Gasteiger partial charge >= 0.3 is 12.3 Å². The molecule has 0 saturated carbocycles. The zero-order chi connectivity index (χ0) is 21.7. The summed E-state index contributed by atoms with van der Waals surface area (Å²) >= 11 is 0. The van der Waals surface area contributed by atoms with Crippen molar-refractivity contribution < 1.29 is 32.2 Å². The molecule has 154 valence electrons. The van der Waals surface area contributed by atoms with Crippen LogP contribution in [0.3, 0.4) is 0 Å². The van der Waals surface area contributed by atoms with Gasteiger partial charge in [0.25, 0.3) is 0 Å². The van der Waals surface area contributed by atoms with Crippen LogP contribution in [0.1, 0.15) is 22.7 Å². The predicted molar refractivity (Wildman–Crippen MR) is 102 cm³/mol. The van der Waals surface area contributed by atoms with Crippen molar-refractivity contribution in [1.29, 1.82) is 0 Å². The molecule has 3 rings (SSSR count). The Morgan fingerprint density at radius 1 is 0.900 bits per heavy atom. The molecule has 0 fully saturated rings. The number of ether oxygens (including phenoxy) is 1. The molecule has 3 aromatic carbocycles. The van der Waals surface area contributed by atoms with Crippen molar-refractivity contribution in [2.75, 3.05) is 0 Å². The molecule has 0 aromatic heterocycles. The molecule has 0 bridgehead atoms. The SMILES string of the molecule is O=C(O)C(N=C(c1ccccc1)c1ccccc1)c1ccc(OC(F)(F)F)c(F)c1. The van der Waals surface area contributed by atoms with E-state index in [1.807, 2.05) is 0 Å². The van der Waals surface area contributed by atoms with Gasteiger partial charge in [0, 0.05) is 11.1 Å². The highest BCUT2D eigenvalue weighted by molar-refractivity contribution is 6.13. The highest BCUT2D eigenvalue weighted by atomic mass is 19.4. The van der Waals surface area contributed by atoms with E-state index < -0.39 is 29.9 Å². The quantitative estimate of drug-likeness (QED) is 0.432. The molecule has 1 atom stereocenters. The molecule has 0 heterocycles. The minimum absolute atomic E-state index is 0.126. The zero-order valence-electron chi connectivity index (χ0n) is 15.3. The van der Waals surface area contributed by atoms with Gasteiger partial charge in [0.1, 0.15) is 0 Å². The lowest BCUT2D eigenvalue weighted by Gasteiger charge is -2.15. The summed E-state index contributed by atoms with van der Waals surface area (Å²) in [4.78, 5) is 16.2. The number of aliphatic carboxylic acids is 1. The van der Waals surface area contributed by atoms with Crippen molar-refractivity contribution in [2.24, 2.45) is 4.99 Å². The van der Waals surface area contributed by atoms with Crippen LogP contribution in [0, 0.1) is 5.82 Å². The predicted octanol–water partition coefficient (Wildman–Crippen LogP) is 5.39. The topological polar surface area (TPSA) is 58.9 Å². The average molecular weight is 417 g/mol. The smallest absolute Gasteiger partial charge is 0.479 e. The molecule has 1 unspecified atom stereocenters. The van der Waals surface area contributed by atoms with E-state index in [-0.39, 0.29) is 5.56 Å². The molecule has 30 heavy (non-hydrogen) atoms. The first-order chi connectivity index (χ1) is 14.2.